The van der Waals surface area contributed by atoms with Crippen LogP contribution in [-0.2, 0) is 27.7 Å². The van der Waals surface area contributed by atoms with Crippen molar-refractivity contribution in [2.75, 3.05) is 59.2 Å². The number of aromatic nitrogens is 2. The lowest BCUT2D eigenvalue weighted by atomic mass is 9.87. The molecule has 0 radical (unpaired) electrons. The van der Waals surface area contributed by atoms with Crippen LogP contribution in [0.15, 0.2) is 77.7 Å². The van der Waals surface area contributed by atoms with Gasteiger partial charge >= 0.3 is 0 Å². The highest BCUT2D eigenvalue weighted by Crippen LogP contribution is 2.32. The lowest BCUT2D eigenvalue weighted by molar-refractivity contribution is 0.0323. The molecule has 63 heavy (non-hydrogen) atoms. The summed E-state index contributed by atoms with van der Waals surface area (Å²) < 4.78 is 43.1. The fourth-order valence-electron chi connectivity index (χ4n) is 8.03. The Bertz CT molecular complexity index is 2580. The number of ether oxygens (including phenoxy) is 2. The van der Waals surface area contributed by atoms with Crippen LogP contribution in [0, 0.1) is 6.92 Å². The van der Waals surface area contributed by atoms with Gasteiger partial charge in [-0.2, -0.15) is 5.10 Å². The number of ketones is 1. The highest BCUT2D eigenvalue weighted by atomic mass is 35.5. The topological polar surface area (TPSA) is 172 Å². The molecule has 1 unspecified atom stereocenters. The van der Waals surface area contributed by atoms with Crippen LogP contribution < -0.4 is 14.8 Å². The molecule has 1 atom stereocenters. The molecule has 1 saturated heterocycles. The van der Waals surface area contributed by atoms with Crippen LogP contribution in [-0.4, -0.2) is 116 Å². The summed E-state index contributed by atoms with van der Waals surface area (Å²) in [4.78, 5) is 46.7. The predicted molar refractivity (Wildman–Crippen MR) is 242 cm³/mol. The molecule has 334 valence electrons. The van der Waals surface area contributed by atoms with Crippen molar-refractivity contribution in [1.82, 2.24) is 29.6 Å². The predicted octanol–water partition coefficient (Wildman–Crippen LogP) is 6.10. The van der Waals surface area contributed by atoms with Gasteiger partial charge in [0.2, 0.25) is 0 Å². The number of sulfonamides is 1. The van der Waals surface area contributed by atoms with Crippen LogP contribution in [0.25, 0.3) is 16.5 Å². The number of carbonyl (C=O) groups excluding carboxylic acids is 3. The zero-order valence-corrected chi connectivity index (χ0v) is 37.6. The molecule has 3 N–H and O–H groups in total. The largest absolute Gasteiger partial charge is 0.492 e. The number of aliphatic hydroxyl groups is 1. The number of hydrogen-bond acceptors (Lipinski definition) is 11. The summed E-state index contributed by atoms with van der Waals surface area (Å²) in [5.74, 6) is -1.22. The van der Waals surface area contributed by atoms with E-state index in [1.165, 1.54) is 35.0 Å². The summed E-state index contributed by atoms with van der Waals surface area (Å²) in [7, 11) is -4.43. The maximum atomic E-state index is 14.9. The molecule has 2 aliphatic heterocycles. The van der Waals surface area contributed by atoms with Crippen LogP contribution in [0.5, 0.6) is 5.75 Å². The van der Waals surface area contributed by atoms with E-state index in [0.29, 0.717) is 74.8 Å². The number of fused-ring (bicyclic) bond motifs is 2. The summed E-state index contributed by atoms with van der Waals surface area (Å²) in [6.45, 7) is 11.2. The Balaban J connectivity index is 1.23. The number of halogens is 1. The van der Waals surface area contributed by atoms with Gasteiger partial charge in [0.05, 0.1) is 41.1 Å². The molecule has 0 saturated carbocycles. The Morgan fingerprint density at radius 3 is 2.46 bits per heavy atom. The van der Waals surface area contributed by atoms with Gasteiger partial charge in [0.15, 0.2) is 11.5 Å². The smallest absolute Gasteiger partial charge is 0.275 e. The molecule has 7 rings (SSSR count). The minimum absolute atomic E-state index is 0.0344. The Morgan fingerprint density at radius 1 is 0.984 bits per heavy atom. The van der Waals surface area contributed by atoms with E-state index in [2.05, 4.69) is 28.8 Å². The first-order valence-electron chi connectivity index (χ1n) is 21.6. The monoisotopic (exact) mass is 898 g/mol. The van der Waals surface area contributed by atoms with E-state index in [-0.39, 0.29) is 51.0 Å². The maximum Gasteiger partial charge on any atom is 0.275 e. The van der Waals surface area contributed by atoms with Crippen LogP contribution in [0.2, 0.25) is 5.02 Å². The second-order valence-electron chi connectivity index (χ2n) is 16.0. The van der Waals surface area contributed by atoms with E-state index in [4.69, 9.17) is 26.2 Å². The highest BCUT2D eigenvalue weighted by Gasteiger charge is 2.30. The first-order valence-corrected chi connectivity index (χ1v) is 23.5. The van der Waals surface area contributed by atoms with E-state index in [0.717, 1.165) is 55.3 Å². The number of carbonyl (C=O) groups is 3. The third-order valence-electron chi connectivity index (χ3n) is 11.7. The molecular formula is C47H55ClN6O8S. The molecule has 14 nitrogen and oxygen atoms in total. The van der Waals surface area contributed by atoms with E-state index >= 15 is 0 Å². The third kappa shape index (κ3) is 10.3. The summed E-state index contributed by atoms with van der Waals surface area (Å²) in [6, 6.07) is 19.4. The van der Waals surface area contributed by atoms with Crippen molar-refractivity contribution in [3.8, 4) is 11.4 Å². The molecule has 0 bridgehead atoms. The van der Waals surface area contributed by atoms with Gasteiger partial charge in [-0.05, 0) is 79.1 Å². The normalized spacial score (nSPS) is 15.5. The summed E-state index contributed by atoms with van der Waals surface area (Å²) >= 11 is 6.87. The van der Waals surface area contributed by atoms with Gasteiger partial charge in [-0.25, -0.2) is 17.8 Å². The molecule has 2 amide bonds. The minimum atomic E-state index is -4.43. The second kappa shape index (κ2) is 20.6. The maximum absolute atomic E-state index is 14.9. The molecule has 1 fully saturated rings. The summed E-state index contributed by atoms with van der Waals surface area (Å²) in [5.41, 5.74) is 2.62. The standard InChI is InChI=1S/C47H55ClN6O8S/c1-4-6-18-53(19-7-5-2)47(58)44-43(48)31(3)54(50-44)41-17-15-33(26-40(41)45(56)37-12-8-11-34-29-49-35(30-55)27-38(34)37)46(57)51-63(59,60)36-16-14-32-10-9-13-42(39(32)28-36)62-25-22-52-20-23-61-24-21-52/h8-17,26,28,35,49,55H,4-7,18-25,27,29-30H2,1-3H3,(H,51,57). The average molecular weight is 900 g/mol. The van der Waals surface area contributed by atoms with Crippen LogP contribution in [0.1, 0.15) is 93.1 Å². The summed E-state index contributed by atoms with van der Waals surface area (Å²) in [6.07, 6.45) is 3.80. The molecule has 4 aromatic carbocycles. The fourth-order valence-corrected chi connectivity index (χ4v) is 9.23. The lowest BCUT2D eigenvalue weighted by Crippen LogP contribution is -2.39. The number of aliphatic hydroxyl groups excluding tert-OH is 1. The Hall–Kier alpha value is -5.16. The van der Waals surface area contributed by atoms with Crippen molar-refractivity contribution >= 4 is 50.0 Å². The molecule has 5 aromatic rings. The van der Waals surface area contributed by atoms with Crippen molar-refractivity contribution in [3.05, 3.63) is 117 Å². The lowest BCUT2D eigenvalue weighted by Gasteiger charge is -2.26. The van der Waals surface area contributed by atoms with Crippen molar-refractivity contribution in [1.29, 1.82) is 0 Å². The molecule has 2 aliphatic rings. The minimum Gasteiger partial charge on any atom is -0.492 e. The van der Waals surface area contributed by atoms with Gasteiger partial charge in [-0.3, -0.25) is 19.3 Å². The number of amides is 2. The van der Waals surface area contributed by atoms with Gasteiger partial charge in [0, 0.05) is 67.4 Å². The zero-order valence-electron chi connectivity index (χ0n) is 36.0. The van der Waals surface area contributed by atoms with Crippen LogP contribution in [0.3, 0.4) is 0 Å². The number of nitrogens with zero attached hydrogens (tertiary/aromatic N) is 4. The van der Waals surface area contributed by atoms with Gasteiger partial charge in [0.25, 0.3) is 21.8 Å². The molecular weight excluding hydrogens is 844 g/mol. The fraction of sp³-hybridized carbons (Fsp3) is 0.404. The van der Waals surface area contributed by atoms with Gasteiger partial charge < -0.3 is 24.8 Å². The number of morpholine rings is 1. The van der Waals surface area contributed by atoms with Crippen molar-refractivity contribution in [2.45, 2.75) is 70.4 Å². The van der Waals surface area contributed by atoms with E-state index in [1.807, 2.05) is 18.2 Å². The van der Waals surface area contributed by atoms with Crippen molar-refractivity contribution in [2.24, 2.45) is 0 Å². The molecule has 3 heterocycles. The van der Waals surface area contributed by atoms with Gasteiger partial charge in [-0.15, -0.1) is 0 Å². The Kier molecular flexibility index (Phi) is 15.0. The molecule has 0 aliphatic carbocycles. The van der Waals surface area contributed by atoms with Crippen LogP contribution >= 0.6 is 11.6 Å². The Labute approximate surface area is 373 Å². The quantitative estimate of drug-likeness (QED) is 0.0869. The average Bonchev–Trinajstić information content (AvgIpc) is 3.60. The third-order valence-corrected chi connectivity index (χ3v) is 13.5. The van der Waals surface area contributed by atoms with Crippen LogP contribution in [0.4, 0.5) is 0 Å². The SMILES string of the molecule is CCCCN(CCCC)C(=O)c1nn(-c2ccc(C(=O)NS(=O)(=O)c3ccc4cccc(OCCN5CCOCC5)c4c3)cc2C(=O)c2cccc3c2CC(CO)NC3)c(C)c1Cl. The van der Waals surface area contributed by atoms with E-state index in [9.17, 15) is 27.9 Å². The number of hydrogen-bond donors (Lipinski definition) is 3. The number of nitrogens with one attached hydrogen (secondary N) is 2. The molecule has 0 spiro atoms. The Morgan fingerprint density at radius 2 is 1.73 bits per heavy atom. The number of unbranched alkanes of at least 4 members (excludes halogenated alkanes) is 2. The first-order chi connectivity index (χ1) is 30.4. The van der Waals surface area contributed by atoms with E-state index < -0.39 is 21.7 Å². The zero-order chi connectivity index (χ0) is 44.7. The van der Waals surface area contributed by atoms with Crippen molar-refractivity contribution < 1.29 is 37.4 Å². The highest BCUT2D eigenvalue weighted by molar-refractivity contribution is 7.90. The first kappa shape index (κ1) is 45.9. The van der Waals surface area contributed by atoms with Gasteiger partial charge in [0.1, 0.15) is 12.4 Å². The van der Waals surface area contributed by atoms with Gasteiger partial charge in [-0.1, -0.05) is 74.7 Å². The summed E-state index contributed by atoms with van der Waals surface area (Å²) in [5, 5.41) is 19.5. The van der Waals surface area contributed by atoms with E-state index in [1.54, 1.807) is 36.1 Å². The molecule has 1 aromatic heterocycles. The molecule has 16 heteroatoms. The number of rotatable bonds is 18. The van der Waals surface area contributed by atoms with Crippen molar-refractivity contribution in [3.63, 3.8) is 0 Å². The number of benzene rings is 4. The second-order valence-corrected chi connectivity index (χ2v) is 18.1.